The maximum absolute atomic E-state index is 13.5. The zero-order valence-corrected chi connectivity index (χ0v) is 17.1. The number of aromatic nitrogens is 2. The number of hydrogen-bond acceptors (Lipinski definition) is 6. The van der Waals surface area contributed by atoms with Crippen LogP contribution in [0.4, 0.5) is 9.52 Å². The van der Waals surface area contributed by atoms with Gasteiger partial charge in [0.25, 0.3) is 0 Å². The Balaban J connectivity index is 1.41. The van der Waals surface area contributed by atoms with Gasteiger partial charge >= 0.3 is 5.76 Å². The van der Waals surface area contributed by atoms with Crippen molar-refractivity contribution in [3.8, 4) is 10.4 Å². The highest BCUT2D eigenvalue weighted by Gasteiger charge is 2.11. The van der Waals surface area contributed by atoms with Gasteiger partial charge in [0.2, 0.25) is 0 Å². The van der Waals surface area contributed by atoms with Gasteiger partial charge in [-0.3, -0.25) is 4.57 Å². The molecule has 6 nitrogen and oxygen atoms in total. The Kier molecular flexibility index (Phi) is 5.40. The smallest absolute Gasteiger partial charge is 0.408 e. The lowest BCUT2D eigenvalue weighted by Crippen LogP contribution is -2.31. The minimum Gasteiger partial charge on any atom is -0.408 e. The number of halogens is 2. The fourth-order valence-corrected chi connectivity index (χ4v) is 3.97. The fourth-order valence-electron chi connectivity index (χ4n) is 3.04. The zero-order valence-electron chi connectivity index (χ0n) is 15.5. The first-order valence-electron chi connectivity index (χ1n) is 8.90. The summed E-state index contributed by atoms with van der Waals surface area (Å²) < 4.78 is 20.3. The number of nitrogens with zero attached hydrogens (tertiary/aromatic N) is 2. The predicted molar refractivity (Wildman–Crippen MR) is 114 cm³/mol. The molecule has 0 aliphatic carbocycles. The van der Waals surface area contributed by atoms with Crippen LogP contribution in [0.1, 0.15) is 5.56 Å². The Morgan fingerprint density at radius 1 is 1.34 bits per heavy atom. The van der Waals surface area contributed by atoms with Crippen LogP contribution in [-0.2, 0) is 13.5 Å². The van der Waals surface area contributed by atoms with E-state index in [1.165, 1.54) is 28.0 Å². The normalized spacial score (nSPS) is 12.4. The minimum atomic E-state index is -0.444. The Morgan fingerprint density at radius 2 is 2.17 bits per heavy atom. The third-order valence-electron chi connectivity index (χ3n) is 4.58. The molecule has 9 heteroatoms. The van der Waals surface area contributed by atoms with E-state index in [0.29, 0.717) is 18.5 Å². The van der Waals surface area contributed by atoms with Gasteiger partial charge in [-0.05, 0) is 41.8 Å². The zero-order chi connectivity index (χ0) is 20.5. The van der Waals surface area contributed by atoms with Gasteiger partial charge in [0, 0.05) is 25.8 Å². The van der Waals surface area contributed by atoms with E-state index in [1.807, 2.05) is 18.2 Å². The summed E-state index contributed by atoms with van der Waals surface area (Å²) in [5.74, 6) is -0.835. The molecule has 2 aromatic heterocycles. The van der Waals surface area contributed by atoms with Gasteiger partial charge in [-0.25, -0.2) is 14.2 Å². The molecule has 0 aliphatic rings. The SMILES string of the molecule is Cn1c(=O)oc2cc(-c3cnc(NC[C@@H](N)Cc4ccc(Cl)c(F)c4)s3)ccc21. The highest BCUT2D eigenvalue weighted by Crippen LogP contribution is 2.31. The fraction of sp³-hybridized carbons (Fsp3) is 0.200. The average Bonchev–Trinajstić information content (AvgIpc) is 3.28. The molecular weight excluding hydrogens is 415 g/mol. The molecule has 4 rings (SSSR count). The molecule has 0 bridgehead atoms. The lowest BCUT2D eigenvalue weighted by molar-refractivity contribution is 0.528. The number of rotatable bonds is 6. The highest BCUT2D eigenvalue weighted by atomic mass is 35.5. The topological polar surface area (TPSA) is 86.1 Å². The van der Waals surface area contributed by atoms with Crippen LogP contribution in [0.5, 0.6) is 0 Å². The van der Waals surface area contributed by atoms with E-state index in [0.717, 1.165) is 26.7 Å². The molecule has 0 saturated heterocycles. The number of anilines is 1. The number of thiazole rings is 1. The summed E-state index contributed by atoms with van der Waals surface area (Å²) in [6, 6.07) is 10.1. The second-order valence-corrected chi connectivity index (χ2v) is 8.17. The Morgan fingerprint density at radius 3 is 2.97 bits per heavy atom. The monoisotopic (exact) mass is 432 g/mol. The van der Waals surface area contributed by atoms with E-state index in [-0.39, 0.29) is 11.1 Å². The van der Waals surface area contributed by atoms with Crippen molar-refractivity contribution in [2.24, 2.45) is 12.8 Å². The number of nitrogens with one attached hydrogen (secondary N) is 1. The van der Waals surface area contributed by atoms with E-state index >= 15 is 0 Å². The number of nitrogens with two attached hydrogens (primary N) is 1. The summed E-state index contributed by atoms with van der Waals surface area (Å²) in [6.07, 6.45) is 2.28. The van der Waals surface area contributed by atoms with Crippen LogP contribution in [0.15, 0.2) is 51.8 Å². The molecule has 2 aromatic carbocycles. The van der Waals surface area contributed by atoms with Gasteiger partial charge in [-0.2, -0.15) is 0 Å². The molecule has 150 valence electrons. The van der Waals surface area contributed by atoms with Crippen molar-refractivity contribution >= 4 is 39.2 Å². The minimum absolute atomic E-state index is 0.101. The van der Waals surface area contributed by atoms with Crippen LogP contribution in [0.2, 0.25) is 5.02 Å². The van der Waals surface area contributed by atoms with Crippen LogP contribution in [0.25, 0.3) is 21.5 Å². The predicted octanol–water partition coefficient (Wildman–Crippen LogP) is 4.03. The second kappa shape index (κ2) is 7.98. The highest BCUT2D eigenvalue weighted by molar-refractivity contribution is 7.18. The van der Waals surface area contributed by atoms with E-state index in [2.05, 4.69) is 10.3 Å². The number of benzene rings is 2. The van der Waals surface area contributed by atoms with Crippen LogP contribution in [-0.4, -0.2) is 22.1 Å². The Labute approximate surface area is 174 Å². The number of fused-ring (bicyclic) bond motifs is 1. The van der Waals surface area contributed by atoms with Crippen LogP contribution < -0.4 is 16.8 Å². The van der Waals surface area contributed by atoms with Crippen LogP contribution in [0, 0.1) is 5.82 Å². The summed E-state index contributed by atoms with van der Waals surface area (Å²) in [6.45, 7) is 0.490. The molecule has 0 amide bonds. The second-order valence-electron chi connectivity index (χ2n) is 6.73. The Bertz CT molecular complexity index is 1230. The summed E-state index contributed by atoms with van der Waals surface area (Å²) in [5.41, 5.74) is 9.14. The van der Waals surface area contributed by atoms with Crippen molar-refractivity contribution in [3.63, 3.8) is 0 Å². The maximum Gasteiger partial charge on any atom is 0.419 e. The summed E-state index contributed by atoms with van der Waals surface area (Å²) in [7, 11) is 1.67. The van der Waals surface area contributed by atoms with Crippen molar-refractivity contribution < 1.29 is 8.81 Å². The molecule has 1 atom stereocenters. The molecule has 3 N–H and O–H groups in total. The van der Waals surface area contributed by atoms with Crippen molar-refractivity contribution in [2.45, 2.75) is 12.5 Å². The number of hydrogen-bond donors (Lipinski definition) is 2. The van der Waals surface area contributed by atoms with E-state index < -0.39 is 11.6 Å². The van der Waals surface area contributed by atoms with Crippen molar-refractivity contribution in [1.82, 2.24) is 9.55 Å². The van der Waals surface area contributed by atoms with Gasteiger partial charge in [0.15, 0.2) is 10.7 Å². The van der Waals surface area contributed by atoms with E-state index in [1.54, 1.807) is 19.3 Å². The quantitative estimate of drug-likeness (QED) is 0.480. The van der Waals surface area contributed by atoms with Gasteiger partial charge in [0.1, 0.15) is 5.82 Å². The maximum atomic E-state index is 13.5. The van der Waals surface area contributed by atoms with Crippen LogP contribution >= 0.6 is 22.9 Å². The molecule has 0 spiro atoms. The molecule has 29 heavy (non-hydrogen) atoms. The van der Waals surface area contributed by atoms with Crippen molar-refractivity contribution in [3.05, 3.63) is 69.5 Å². The average molecular weight is 433 g/mol. The Hall–Kier alpha value is -2.68. The first-order chi connectivity index (χ1) is 13.9. The third-order valence-corrected chi connectivity index (χ3v) is 5.89. The number of aryl methyl sites for hydroxylation is 1. The van der Waals surface area contributed by atoms with Gasteiger partial charge in [0.05, 0.1) is 15.4 Å². The lowest BCUT2D eigenvalue weighted by Gasteiger charge is -2.12. The molecule has 0 saturated carbocycles. The first-order valence-corrected chi connectivity index (χ1v) is 10.1. The lowest BCUT2D eigenvalue weighted by atomic mass is 10.1. The summed E-state index contributed by atoms with van der Waals surface area (Å²) in [5, 5.41) is 4.05. The van der Waals surface area contributed by atoms with E-state index in [4.69, 9.17) is 21.8 Å². The molecule has 4 aromatic rings. The first kappa shape index (κ1) is 19.6. The molecule has 0 radical (unpaired) electrons. The van der Waals surface area contributed by atoms with Crippen molar-refractivity contribution in [1.29, 1.82) is 0 Å². The molecule has 0 aliphatic heterocycles. The largest absolute Gasteiger partial charge is 0.419 e. The third kappa shape index (κ3) is 4.19. The number of oxazole rings is 1. The molecular formula is C20H18ClFN4O2S. The van der Waals surface area contributed by atoms with Gasteiger partial charge in [-0.15, -0.1) is 0 Å². The van der Waals surface area contributed by atoms with Gasteiger partial charge < -0.3 is 15.5 Å². The summed E-state index contributed by atoms with van der Waals surface area (Å²) in [4.78, 5) is 17.0. The van der Waals surface area contributed by atoms with Crippen molar-refractivity contribution in [2.75, 3.05) is 11.9 Å². The molecule has 0 unspecified atom stereocenters. The van der Waals surface area contributed by atoms with Crippen LogP contribution in [0.3, 0.4) is 0 Å². The molecule has 2 heterocycles. The molecule has 0 fully saturated rings. The van der Waals surface area contributed by atoms with E-state index in [9.17, 15) is 9.18 Å². The standard InChI is InChI=1S/C20H18ClFN4O2S/c1-26-16-5-3-12(8-17(16)28-20(26)27)18-10-25-19(29-18)24-9-13(23)6-11-2-4-14(21)15(22)7-11/h2-5,7-8,10,13H,6,9,23H2,1H3,(H,24,25)/t13-/m0/s1. The van der Waals surface area contributed by atoms with Gasteiger partial charge in [-0.1, -0.05) is 35.1 Å². The summed E-state index contributed by atoms with van der Waals surface area (Å²) >= 11 is 7.18.